The Morgan fingerprint density at radius 1 is 1.40 bits per heavy atom. The van der Waals surface area contributed by atoms with Crippen LogP contribution in [0.15, 0.2) is 6.20 Å². The summed E-state index contributed by atoms with van der Waals surface area (Å²) < 4.78 is 1.71. The van der Waals surface area contributed by atoms with Gasteiger partial charge in [0.15, 0.2) is 5.82 Å². The summed E-state index contributed by atoms with van der Waals surface area (Å²) in [6.07, 6.45) is 4.04. The summed E-state index contributed by atoms with van der Waals surface area (Å²) in [4.78, 5) is 24.2. The summed E-state index contributed by atoms with van der Waals surface area (Å²) in [5, 5.41) is 4.20. The summed E-state index contributed by atoms with van der Waals surface area (Å²) in [7, 11) is 0. The number of nitrogen functional groups attached to an aromatic ring is 1. The molecule has 8 heteroatoms. The minimum atomic E-state index is -0.355. The average Bonchev–Trinajstić information content (AvgIpc) is 2.95. The molecule has 1 aromatic rings. The Labute approximate surface area is 116 Å². The van der Waals surface area contributed by atoms with Crippen molar-refractivity contribution in [1.29, 1.82) is 0 Å². The maximum absolute atomic E-state index is 11.5. The summed E-state index contributed by atoms with van der Waals surface area (Å²) >= 11 is 0. The fourth-order valence-corrected chi connectivity index (χ4v) is 2.59. The van der Waals surface area contributed by atoms with E-state index < -0.39 is 0 Å². The van der Waals surface area contributed by atoms with E-state index in [0.717, 1.165) is 19.4 Å². The number of carbonyl (C=O) groups is 2. The molecule has 1 saturated heterocycles. The topological polar surface area (TPSA) is 133 Å². The number of hydrogen-bond acceptors (Lipinski definition) is 5. The fourth-order valence-electron chi connectivity index (χ4n) is 2.59. The highest BCUT2D eigenvalue weighted by Gasteiger charge is 2.32. The number of nitrogens with zero attached hydrogens (tertiary/aromatic N) is 3. The molecule has 1 unspecified atom stereocenters. The Kier molecular flexibility index (Phi) is 4.11. The molecule has 1 atom stereocenters. The number of amides is 2. The average molecular weight is 280 g/mol. The summed E-state index contributed by atoms with van der Waals surface area (Å²) in [6.45, 7) is 1.25. The Balaban J connectivity index is 2.16. The van der Waals surface area contributed by atoms with Gasteiger partial charge in [-0.15, -0.1) is 0 Å². The van der Waals surface area contributed by atoms with Gasteiger partial charge in [0, 0.05) is 19.5 Å². The van der Waals surface area contributed by atoms with Crippen molar-refractivity contribution < 1.29 is 9.59 Å². The van der Waals surface area contributed by atoms with E-state index in [9.17, 15) is 9.59 Å². The van der Waals surface area contributed by atoms with Gasteiger partial charge in [0.05, 0.1) is 11.9 Å². The van der Waals surface area contributed by atoms with E-state index in [-0.39, 0.29) is 17.9 Å². The second kappa shape index (κ2) is 5.81. The molecule has 1 fully saturated rings. The molecule has 1 aliphatic heterocycles. The van der Waals surface area contributed by atoms with Crippen LogP contribution in [0.2, 0.25) is 0 Å². The maximum Gasteiger partial charge on any atom is 0.240 e. The van der Waals surface area contributed by atoms with Gasteiger partial charge in [-0.05, 0) is 19.3 Å². The van der Waals surface area contributed by atoms with Gasteiger partial charge in [-0.2, -0.15) is 5.10 Å². The number of hydrogen-bond donors (Lipinski definition) is 3. The molecule has 20 heavy (non-hydrogen) atoms. The first-order chi connectivity index (χ1) is 9.50. The van der Waals surface area contributed by atoms with E-state index in [0.29, 0.717) is 30.9 Å². The summed E-state index contributed by atoms with van der Waals surface area (Å²) in [6, 6.07) is -0.344. The van der Waals surface area contributed by atoms with E-state index in [1.54, 1.807) is 10.9 Å². The molecule has 2 heterocycles. The van der Waals surface area contributed by atoms with Gasteiger partial charge < -0.3 is 22.1 Å². The lowest BCUT2D eigenvalue weighted by Crippen LogP contribution is -2.41. The van der Waals surface area contributed by atoms with Crippen LogP contribution in [0.5, 0.6) is 0 Å². The third-order valence-corrected chi connectivity index (χ3v) is 3.49. The van der Waals surface area contributed by atoms with Gasteiger partial charge in [0.2, 0.25) is 11.8 Å². The van der Waals surface area contributed by atoms with E-state index in [2.05, 4.69) is 5.10 Å². The third kappa shape index (κ3) is 2.84. The van der Waals surface area contributed by atoms with Crippen LogP contribution in [-0.2, 0) is 16.1 Å². The summed E-state index contributed by atoms with van der Waals surface area (Å²) in [5.41, 5.74) is 17.0. The first-order valence-corrected chi connectivity index (χ1v) is 6.66. The van der Waals surface area contributed by atoms with Crippen LogP contribution in [-0.4, -0.2) is 34.2 Å². The summed E-state index contributed by atoms with van der Waals surface area (Å²) in [5.74, 6) is 0.00502. The number of carbonyl (C=O) groups excluding carboxylic acids is 2. The molecule has 0 aliphatic carbocycles. The van der Waals surface area contributed by atoms with Crippen LogP contribution in [0.1, 0.15) is 25.7 Å². The molecule has 0 spiro atoms. The fraction of sp³-hybridized carbons (Fsp3) is 0.583. The second-order valence-corrected chi connectivity index (χ2v) is 4.97. The zero-order valence-corrected chi connectivity index (χ0v) is 11.3. The van der Waals surface area contributed by atoms with Crippen molar-refractivity contribution in [2.45, 2.75) is 38.3 Å². The number of primary amides is 2. The molecular formula is C12H20N6O2. The van der Waals surface area contributed by atoms with Crippen LogP contribution in [0.25, 0.3) is 0 Å². The highest BCUT2D eigenvalue weighted by Crippen LogP contribution is 2.30. The lowest BCUT2D eigenvalue weighted by Gasteiger charge is -2.25. The monoisotopic (exact) mass is 280 g/mol. The van der Waals surface area contributed by atoms with Crippen molar-refractivity contribution in [2.75, 3.05) is 17.2 Å². The van der Waals surface area contributed by atoms with Gasteiger partial charge in [-0.1, -0.05) is 0 Å². The highest BCUT2D eigenvalue weighted by atomic mass is 16.1. The number of aromatic nitrogens is 2. The van der Waals surface area contributed by atoms with E-state index in [1.807, 2.05) is 4.90 Å². The van der Waals surface area contributed by atoms with Gasteiger partial charge >= 0.3 is 0 Å². The molecule has 0 radical (unpaired) electrons. The lowest BCUT2D eigenvalue weighted by molar-refractivity contribution is -0.119. The van der Waals surface area contributed by atoms with E-state index in [1.165, 1.54) is 0 Å². The predicted molar refractivity (Wildman–Crippen MR) is 74.6 cm³/mol. The van der Waals surface area contributed by atoms with Crippen LogP contribution in [0, 0.1) is 0 Å². The Bertz CT molecular complexity index is 512. The molecule has 2 amide bonds. The molecule has 110 valence electrons. The van der Waals surface area contributed by atoms with Crippen LogP contribution >= 0.6 is 0 Å². The Morgan fingerprint density at radius 2 is 2.15 bits per heavy atom. The van der Waals surface area contributed by atoms with Crippen molar-refractivity contribution in [1.82, 2.24) is 9.78 Å². The molecule has 0 aromatic carbocycles. The number of anilines is 2. The molecule has 0 bridgehead atoms. The zero-order chi connectivity index (χ0) is 14.7. The molecular weight excluding hydrogens is 260 g/mol. The van der Waals surface area contributed by atoms with Crippen LogP contribution in [0.3, 0.4) is 0 Å². The molecule has 0 saturated carbocycles. The van der Waals surface area contributed by atoms with Crippen molar-refractivity contribution in [3.8, 4) is 0 Å². The normalized spacial score (nSPS) is 18.4. The number of nitrogens with two attached hydrogens (primary N) is 3. The van der Waals surface area contributed by atoms with E-state index in [4.69, 9.17) is 17.2 Å². The Morgan fingerprint density at radius 3 is 2.80 bits per heavy atom. The van der Waals surface area contributed by atoms with Crippen molar-refractivity contribution in [3.63, 3.8) is 0 Å². The standard InChI is InChI=1S/C12H20N6O2/c13-8-7-16-18(6-2-4-10(14)19)12(8)17-5-1-3-9(17)11(15)20/h7,9H,1-6,13H2,(H2,14,19)(H2,15,20). The first kappa shape index (κ1) is 14.2. The SMILES string of the molecule is NC(=O)CCCn1ncc(N)c1N1CCCC1C(N)=O. The lowest BCUT2D eigenvalue weighted by atomic mass is 10.2. The van der Waals surface area contributed by atoms with Crippen molar-refractivity contribution in [2.24, 2.45) is 11.5 Å². The van der Waals surface area contributed by atoms with Crippen molar-refractivity contribution in [3.05, 3.63) is 6.20 Å². The van der Waals surface area contributed by atoms with E-state index >= 15 is 0 Å². The third-order valence-electron chi connectivity index (χ3n) is 3.49. The highest BCUT2D eigenvalue weighted by molar-refractivity contribution is 5.85. The van der Waals surface area contributed by atoms with Gasteiger partial charge in [0.1, 0.15) is 6.04 Å². The zero-order valence-electron chi connectivity index (χ0n) is 11.3. The predicted octanol–water partition coefficient (Wildman–Crippen LogP) is -0.815. The second-order valence-electron chi connectivity index (χ2n) is 4.97. The van der Waals surface area contributed by atoms with Gasteiger partial charge in [-0.25, -0.2) is 4.68 Å². The smallest absolute Gasteiger partial charge is 0.240 e. The largest absolute Gasteiger partial charge is 0.394 e. The number of rotatable bonds is 6. The molecule has 8 nitrogen and oxygen atoms in total. The Hall–Kier alpha value is -2.25. The molecule has 1 aliphatic rings. The number of aryl methyl sites for hydroxylation is 1. The van der Waals surface area contributed by atoms with Crippen molar-refractivity contribution >= 4 is 23.3 Å². The quantitative estimate of drug-likeness (QED) is 0.626. The van der Waals surface area contributed by atoms with Gasteiger partial charge in [0.25, 0.3) is 0 Å². The van der Waals surface area contributed by atoms with Crippen LogP contribution in [0.4, 0.5) is 11.5 Å². The van der Waals surface area contributed by atoms with Crippen LogP contribution < -0.4 is 22.1 Å². The molecule has 6 N–H and O–H groups in total. The first-order valence-electron chi connectivity index (χ1n) is 6.66. The maximum atomic E-state index is 11.5. The molecule has 2 rings (SSSR count). The minimum Gasteiger partial charge on any atom is -0.394 e. The van der Waals surface area contributed by atoms with Gasteiger partial charge in [-0.3, -0.25) is 9.59 Å². The minimum absolute atomic E-state index is 0.290. The molecule has 1 aromatic heterocycles.